The SMILES string of the molecule is CN=C(NCCNC(C)(C)C)NCc1nc(C)c(C)s1. The van der Waals surface area contributed by atoms with Crippen LogP contribution < -0.4 is 16.0 Å². The Labute approximate surface area is 126 Å². The molecule has 0 saturated carbocycles. The lowest BCUT2D eigenvalue weighted by Gasteiger charge is -2.21. The number of hydrogen-bond acceptors (Lipinski definition) is 4. The van der Waals surface area contributed by atoms with E-state index in [0.29, 0.717) is 6.54 Å². The van der Waals surface area contributed by atoms with Gasteiger partial charge in [0.25, 0.3) is 0 Å². The monoisotopic (exact) mass is 297 g/mol. The molecule has 0 saturated heterocycles. The Morgan fingerprint density at radius 2 is 1.90 bits per heavy atom. The van der Waals surface area contributed by atoms with Gasteiger partial charge in [0.1, 0.15) is 5.01 Å². The van der Waals surface area contributed by atoms with Crippen LogP contribution in [0.1, 0.15) is 36.3 Å². The summed E-state index contributed by atoms with van der Waals surface area (Å²) in [5, 5.41) is 11.1. The highest BCUT2D eigenvalue weighted by molar-refractivity contribution is 7.11. The topological polar surface area (TPSA) is 61.3 Å². The summed E-state index contributed by atoms with van der Waals surface area (Å²) in [6, 6.07) is 0. The third-order valence-electron chi connectivity index (χ3n) is 2.78. The Morgan fingerprint density at radius 1 is 1.20 bits per heavy atom. The molecule has 0 spiro atoms. The second-order valence-corrected chi connectivity index (χ2v) is 7.07. The van der Waals surface area contributed by atoms with Crippen molar-refractivity contribution in [2.24, 2.45) is 4.99 Å². The van der Waals surface area contributed by atoms with Crippen molar-refractivity contribution in [1.82, 2.24) is 20.9 Å². The van der Waals surface area contributed by atoms with E-state index < -0.39 is 0 Å². The van der Waals surface area contributed by atoms with Crippen molar-refractivity contribution in [3.63, 3.8) is 0 Å². The Balaban J connectivity index is 2.30. The number of aryl methyl sites for hydroxylation is 2. The number of guanidine groups is 1. The third-order valence-corrected chi connectivity index (χ3v) is 3.85. The Morgan fingerprint density at radius 3 is 2.40 bits per heavy atom. The van der Waals surface area contributed by atoms with Crippen LogP contribution in [0.4, 0.5) is 0 Å². The van der Waals surface area contributed by atoms with Crippen LogP contribution in [0.5, 0.6) is 0 Å². The first-order valence-corrected chi connectivity index (χ1v) is 7.76. The lowest BCUT2D eigenvalue weighted by molar-refractivity contribution is 0.428. The summed E-state index contributed by atoms with van der Waals surface area (Å²) in [5.74, 6) is 0.811. The fourth-order valence-electron chi connectivity index (χ4n) is 1.61. The first-order chi connectivity index (χ1) is 9.31. The average Bonchev–Trinajstić information content (AvgIpc) is 2.66. The molecule has 0 radical (unpaired) electrons. The summed E-state index contributed by atoms with van der Waals surface area (Å²) in [6.45, 7) is 13.1. The van der Waals surface area contributed by atoms with Gasteiger partial charge in [-0.1, -0.05) is 0 Å². The molecule has 0 unspecified atom stereocenters. The van der Waals surface area contributed by atoms with Gasteiger partial charge >= 0.3 is 0 Å². The normalized spacial score (nSPS) is 12.6. The number of thiazole rings is 1. The molecule has 20 heavy (non-hydrogen) atoms. The van der Waals surface area contributed by atoms with Crippen molar-refractivity contribution in [1.29, 1.82) is 0 Å². The van der Waals surface area contributed by atoms with Crippen molar-refractivity contribution >= 4 is 17.3 Å². The molecule has 1 aromatic heterocycles. The van der Waals surface area contributed by atoms with Gasteiger partial charge in [0.15, 0.2) is 5.96 Å². The molecule has 0 atom stereocenters. The fourth-order valence-corrected chi connectivity index (χ4v) is 2.49. The molecular formula is C14H27N5S. The van der Waals surface area contributed by atoms with Crippen LogP contribution in [0.2, 0.25) is 0 Å². The molecule has 6 heteroatoms. The van der Waals surface area contributed by atoms with Gasteiger partial charge in [-0.15, -0.1) is 11.3 Å². The molecule has 0 aromatic carbocycles. The minimum atomic E-state index is 0.147. The molecule has 0 aliphatic carbocycles. The number of hydrogen-bond donors (Lipinski definition) is 3. The second kappa shape index (κ2) is 7.59. The number of nitrogens with one attached hydrogen (secondary N) is 3. The van der Waals surface area contributed by atoms with Gasteiger partial charge in [-0.05, 0) is 34.6 Å². The standard InChI is InChI=1S/C14H27N5S/c1-10-11(2)20-12(19-10)9-17-13(15-6)16-7-8-18-14(3,4)5/h18H,7-9H2,1-6H3,(H2,15,16,17). The molecule has 1 rings (SSSR count). The number of aliphatic imine (C=N–C) groups is 1. The molecule has 3 N–H and O–H groups in total. The predicted molar refractivity (Wildman–Crippen MR) is 87.5 cm³/mol. The van der Waals surface area contributed by atoms with Crippen LogP contribution in [-0.2, 0) is 6.54 Å². The average molecular weight is 297 g/mol. The van der Waals surface area contributed by atoms with Crippen LogP contribution in [0.25, 0.3) is 0 Å². The van der Waals surface area contributed by atoms with Crippen LogP contribution in [0, 0.1) is 13.8 Å². The summed E-state index contributed by atoms with van der Waals surface area (Å²) in [5.41, 5.74) is 1.26. The van der Waals surface area contributed by atoms with Crippen molar-refractivity contribution in [2.45, 2.75) is 46.7 Å². The highest BCUT2D eigenvalue weighted by Crippen LogP contribution is 2.15. The van der Waals surface area contributed by atoms with Crippen molar-refractivity contribution in [3.8, 4) is 0 Å². The van der Waals surface area contributed by atoms with Gasteiger partial charge in [0, 0.05) is 30.6 Å². The van der Waals surface area contributed by atoms with Crippen LogP contribution in [0.3, 0.4) is 0 Å². The van der Waals surface area contributed by atoms with Crippen LogP contribution >= 0.6 is 11.3 Å². The molecule has 0 aliphatic heterocycles. The number of rotatable bonds is 5. The summed E-state index contributed by atoms with van der Waals surface area (Å²) in [4.78, 5) is 9.99. The van der Waals surface area contributed by atoms with Crippen molar-refractivity contribution in [2.75, 3.05) is 20.1 Å². The molecule has 5 nitrogen and oxygen atoms in total. The van der Waals surface area contributed by atoms with Crippen molar-refractivity contribution < 1.29 is 0 Å². The number of aromatic nitrogens is 1. The zero-order valence-corrected chi connectivity index (χ0v) is 14.2. The highest BCUT2D eigenvalue weighted by Gasteiger charge is 2.08. The van der Waals surface area contributed by atoms with E-state index in [9.17, 15) is 0 Å². The van der Waals surface area contributed by atoms with E-state index in [4.69, 9.17) is 0 Å². The van der Waals surface area contributed by atoms with E-state index >= 15 is 0 Å². The van der Waals surface area contributed by atoms with Crippen molar-refractivity contribution in [3.05, 3.63) is 15.6 Å². The summed E-state index contributed by atoms with van der Waals surface area (Å²) in [7, 11) is 1.78. The zero-order chi connectivity index (χ0) is 15.2. The van der Waals surface area contributed by atoms with Gasteiger partial charge in [-0.25, -0.2) is 4.98 Å². The molecule has 0 fully saturated rings. The lowest BCUT2D eigenvalue weighted by atomic mass is 10.1. The van der Waals surface area contributed by atoms with E-state index in [1.165, 1.54) is 4.88 Å². The first-order valence-electron chi connectivity index (χ1n) is 6.94. The molecule has 1 aromatic rings. The Hall–Kier alpha value is -1.14. The van der Waals surface area contributed by atoms with Gasteiger partial charge in [0.05, 0.1) is 12.2 Å². The first kappa shape index (κ1) is 16.9. The molecule has 1 heterocycles. The maximum Gasteiger partial charge on any atom is 0.191 e. The number of nitrogens with zero attached hydrogens (tertiary/aromatic N) is 2. The summed E-state index contributed by atoms with van der Waals surface area (Å²) < 4.78 is 0. The van der Waals surface area contributed by atoms with Crippen LogP contribution in [-0.4, -0.2) is 36.6 Å². The second-order valence-electron chi connectivity index (χ2n) is 5.78. The van der Waals surface area contributed by atoms with E-state index in [-0.39, 0.29) is 5.54 Å². The predicted octanol–water partition coefficient (Wildman–Crippen LogP) is 1.81. The molecule has 0 amide bonds. The molecular weight excluding hydrogens is 270 g/mol. The molecule has 114 valence electrons. The lowest BCUT2D eigenvalue weighted by Crippen LogP contribution is -2.44. The third kappa shape index (κ3) is 6.34. The van der Waals surface area contributed by atoms with Crippen LogP contribution in [0.15, 0.2) is 4.99 Å². The zero-order valence-electron chi connectivity index (χ0n) is 13.4. The summed E-state index contributed by atoms with van der Waals surface area (Å²) in [6.07, 6.45) is 0. The van der Waals surface area contributed by atoms with E-state index in [2.05, 4.69) is 53.6 Å². The quantitative estimate of drug-likeness (QED) is 0.441. The van der Waals surface area contributed by atoms with Gasteiger partial charge in [-0.3, -0.25) is 4.99 Å². The van der Waals surface area contributed by atoms with E-state index in [0.717, 1.165) is 29.8 Å². The minimum Gasteiger partial charge on any atom is -0.355 e. The Kier molecular flexibility index (Phi) is 6.42. The highest BCUT2D eigenvalue weighted by atomic mass is 32.1. The Bertz CT molecular complexity index is 425. The largest absolute Gasteiger partial charge is 0.355 e. The van der Waals surface area contributed by atoms with E-state index in [1.807, 2.05) is 6.92 Å². The molecule has 0 bridgehead atoms. The minimum absolute atomic E-state index is 0.147. The van der Waals surface area contributed by atoms with Gasteiger partial charge in [-0.2, -0.15) is 0 Å². The maximum atomic E-state index is 4.51. The smallest absolute Gasteiger partial charge is 0.191 e. The molecule has 0 aliphatic rings. The van der Waals surface area contributed by atoms with Gasteiger partial charge < -0.3 is 16.0 Å². The maximum absolute atomic E-state index is 4.51. The summed E-state index contributed by atoms with van der Waals surface area (Å²) >= 11 is 1.73. The fraction of sp³-hybridized carbons (Fsp3) is 0.714. The van der Waals surface area contributed by atoms with E-state index in [1.54, 1.807) is 18.4 Å². The van der Waals surface area contributed by atoms with Gasteiger partial charge in [0.2, 0.25) is 0 Å².